The van der Waals surface area contributed by atoms with Crippen molar-refractivity contribution < 1.29 is 14.4 Å². The SMILES string of the molecule is O=C1NC(=O)C2(CCN(C(=O)[C@@H]3CCCN3)CC2)N1. The first kappa shape index (κ1) is 12.4. The zero-order chi connectivity index (χ0) is 13.5. The molecular weight excluding hydrogens is 248 g/mol. The average Bonchev–Trinajstić information content (AvgIpc) is 2.99. The molecule has 0 aromatic carbocycles. The number of likely N-dealkylation sites (tertiary alicyclic amines) is 1. The fourth-order valence-corrected chi connectivity index (χ4v) is 3.10. The zero-order valence-corrected chi connectivity index (χ0v) is 10.7. The molecule has 7 heteroatoms. The number of rotatable bonds is 1. The molecule has 0 aliphatic carbocycles. The Bertz CT molecular complexity index is 423. The summed E-state index contributed by atoms with van der Waals surface area (Å²) in [5.41, 5.74) is -0.795. The Kier molecular flexibility index (Phi) is 2.93. The van der Waals surface area contributed by atoms with Gasteiger partial charge in [-0.15, -0.1) is 0 Å². The molecule has 0 aromatic rings. The third kappa shape index (κ3) is 2.07. The fourth-order valence-electron chi connectivity index (χ4n) is 3.10. The molecule has 3 aliphatic rings. The normalized spacial score (nSPS) is 29.5. The molecule has 3 N–H and O–H groups in total. The van der Waals surface area contributed by atoms with E-state index in [2.05, 4.69) is 16.0 Å². The number of hydrogen-bond donors (Lipinski definition) is 3. The molecule has 0 radical (unpaired) electrons. The van der Waals surface area contributed by atoms with Gasteiger partial charge in [0, 0.05) is 13.1 Å². The molecule has 0 saturated carbocycles. The number of piperidine rings is 1. The van der Waals surface area contributed by atoms with Crippen LogP contribution in [-0.4, -0.2) is 54.0 Å². The van der Waals surface area contributed by atoms with Crippen molar-refractivity contribution in [3.63, 3.8) is 0 Å². The van der Waals surface area contributed by atoms with Crippen LogP contribution in [0.25, 0.3) is 0 Å². The van der Waals surface area contributed by atoms with E-state index in [-0.39, 0.29) is 17.9 Å². The van der Waals surface area contributed by atoms with Crippen molar-refractivity contribution in [2.45, 2.75) is 37.3 Å². The summed E-state index contributed by atoms with van der Waals surface area (Å²) in [6.07, 6.45) is 2.90. The molecule has 0 unspecified atom stereocenters. The maximum Gasteiger partial charge on any atom is 0.322 e. The van der Waals surface area contributed by atoms with Gasteiger partial charge in [-0.2, -0.15) is 0 Å². The van der Waals surface area contributed by atoms with Crippen LogP contribution in [-0.2, 0) is 9.59 Å². The quantitative estimate of drug-likeness (QED) is 0.528. The van der Waals surface area contributed by atoms with E-state index in [1.54, 1.807) is 4.90 Å². The molecule has 3 aliphatic heterocycles. The van der Waals surface area contributed by atoms with Crippen molar-refractivity contribution in [2.24, 2.45) is 0 Å². The number of imide groups is 1. The van der Waals surface area contributed by atoms with Crippen LogP contribution in [0.3, 0.4) is 0 Å². The highest BCUT2D eigenvalue weighted by molar-refractivity contribution is 6.07. The van der Waals surface area contributed by atoms with E-state index in [0.717, 1.165) is 19.4 Å². The predicted octanol–water partition coefficient (Wildman–Crippen LogP) is -1.06. The van der Waals surface area contributed by atoms with Crippen molar-refractivity contribution >= 4 is 17.8 Å². The van der Waals surface area contributed by atoms with Crippen LogP contribution in [0.4, 0.5) is 4.79 Å². The molecule has 3 heterocycles. The van der Waals surface area contributed by atoms with E-state index in [0.29, 0.717) is 25.9 Å². The summed E-state index contributed by atoms with van der Waals surface area (Å²) in [4.78, 5) is 37.0. The molecule has 104 valence electrons. The monoisotopic (exact) mass is 266 g/mol. The first-order chi connectivity index (χ1) is 9.11. The van der Waals surface area contributed by atoms with Crippen molar-refractivity contribution in [3.8, 4) is 0 Å². The van der Waals surface area contributed by atoms with Crippen molar-refractivity contribution in [1.82, 2.24) is 20.9 Å². The summed E-state index contributed by atoms with van der Waals surface area (Å²) < 4.78 is 0. The maximum atomic E-state index is 12.2. The van der Waals surface area contributed by atoms with Crippen molar-refractivity contribution in [2.75, 3.05) is 19.6 Å². The predicted molar refractivity (Wildman–Crippen MR) is 66.2 cm³/mol. The Morgan fingerprint density at radius 1 is 1.26 bits per heavy atom. The minimum absolute atomic E-state index is 0.0685. The molecule has 19 heavy (non-hydrogen) atoms. The minimum atomic E-state index is -0.795. The topological polar surface area (TPSA) is 90.5 Å². The minimum Gasteiger partial charge on any atom is -0.341 e. The fraction of sp³-hybridized carbons (Fsp3) is 0.750. The number of carbonyl (C=O) groups is 3. The standard InChI is InChI=1S/C12H18N4O3/c17-9(8-2-1-5-13-8)16-6-3-12(4-7-16)10(18)14-11(19)15-12/h8,13H,1-7H2,(H2,14,15,18,19)/t8-/m0/s1. The van der Waals surface area contributed by atoms with E-state index in [4.69, 9.17) is 0 Å². The van der Waals surface area contributed by atoms with E-state index in [9.17, 15) is 14.4 Å². The Morgan fingerprint density at radius 3 is 2.53 bits per heavy atom. The largest absolute Gasteiger partial charge is 0.341 e. The van der Waals surface area contributed by atoms with Crippen molar-refractivity contribution in [3.05, 3.63) is 0 Å². The molecule has 3 rings (SSSR count). The first-order valence-corrected chi connectivity index (χ1v) is 6.76. The Labute approximate surface area is 111 Å². The number of hydrogen-bond acceptors (Lipinski definition) is 4. The third-order valence-electron chi connectivity index (χ3n) is 4.30. The molecule has 4 amide bonds. The van der Waals surface area contributed by atoms with Gasteiger partial charge >= 0.3 is 6.03 Å². The Morgan fingerprint density at radius 2 is 2.00 bits per heavy atom. The number of nitrogens with one attached hydrogen (secondary N) is 3. The summed E-state index contributed by atoms with van der Waals surface area (Å²) in [6.45, 7) is 1.93. The summed E-state index contributed by atoms with van der Waals surface area (Å²) in [5.74, 6) is -0.138. The molecule has 0 bridgehead atoms. The summed E-state index contributed by atoms with van der Waals surface area (Å²) in [7, 11) is 0. The smallest absolute Gasteiger partial charge is 0.322 e. The van der Waals surface area contributed by atoms with Crippen LogP contribution in [0, 0.1) is 0 Å². The lowest BCUT2D eigenvalue weighted by atomic mass is 9.87. The lowest BCUT2D eigenvalue weighted by Gasteiger charge is -2.37. The molecular formula is C12H18N4O3. The second kappa shape index (κ2) is 4.48. The van der Waals surface area contributed by atoms with Gasteiger partial charge in [-0.25, -0.2) is 4.79 Å². The lowest BCUT2D eigenvalue weighted by molar-refractivity contribution is -0.137. The Balaban J connectivity index is 1.61. The van der Waals surface area contributed by atoms with Gasteiger partial charge in [0.05, 0.1) is 6.04 Å². The van der Waals surface area contributed by atoms with Gasteiger partial charge < -0.3 is 15.5 Å². The zero-order valence-electron chi connectivity index (χ0n) is 10.7. The van der Waals surface area contributed by atoms with Gasteiger partial charge in [-0.05, 0) is 32.2 Å². The highest BCUT2D eigenvalue weighted by atomic mass is 16.2. The molecule has 7 nitrogen and oxygen atoms in total. The van der Waals surface area contributed by atoms with E-state index >= 15 is 0 Å². The van der Waals surface area contributed by atoms with Gasteiger partial charge in [0.2, 0.25) is 5.91 Å². The van der Waals surface area contributed by atoms with Gasteiger partial charge in [0.1, 0.15) is 5.54 Å². The molecule has 3 fully saturated rings. The molecule has 1 spiro atoms. The van der Waals surface area contributed by atoms with Crippen LogP contribution in [0.5, 0.6) is 0 Å². The third-order valence-corrected chi connectivity index (χ3v) is 4.30. The van der Waals surface area contributed by atoms with Gasteiger partial charge in [0.15, 0.2) is 0 Å². The number of amides is 4. The van der Waals surface area contributed by atoms with Crippen LogP contribution >= 0.6 is 0 Å². The van der Waals surface area contributed by atoms with Crippen LogP contribution in [0.1, 0.15) is 25.7 Å². The summed E-state index contributed by atoms with van der Waals surface area (Å²) in [6, 6.07) is -0.497. The number of carbonyl (C=O) groups excluding carboxylic acids is 3. The molecule has 1 atom stereocenters. The van der Waals surface area contributed by atoms with Crippen LogP contribution in [0.2, 0.25) is 0 Å². The second-order valence-corrected chi connectivity index (χ2v) is 5.46. The Hall–Kier alpha value is -1.63. The second-order valence-electron chi connectivity index (χ2n) is 5.46. The molecule has 3 saturated heterocycles. The van der Waals surface area contributed by atoms with Crippen LogP contribution < -0.4 is 16.0 Å². The van der Waals surface area contributed by atoms with E-state index in [1.165, 1.54) is 0 Å². The molecule has 0 aromatic heterocycles. The number of nitrogens with zero attached hydrogens (tertiary/aromatic N) is 1. The summed E-state index contributed by atoms with van der Waals surface area (Å²) >= 11 is 0. The first-order valence-electron chi connectivity index (χ1n) is 6.76. The van der Waals surface area contributed by atoms with Gasteiger partial charge in [0.25, 0.3) is 5.91 Å². The lowest BCUT2D eigenvalue weighted by Crippen LogP contribution is -2.57. The average molecular weight is 266 g/mol. The van der Waals surface area contributed by atoms with Gasteiger partial charge in [-0.3, -0.25) is 14.9 Å². The highest BCUT2D eigenvalue weighted by Crippen LogP contribution is 2.26. The van der Waals surface area contributed by atoms with Crippen molar-refractivity contribution in [1.29, 1.82) is 0 Å². The maximum absolute atomic E-state index is 12.2. The van der Waals surface area contributed by atoms with E-state index < -0.39 is 11.6 Å². The van der Waals surface area contributed by atoms with Crippen LogP contribution in [0.15, 0.2) is 0 Å². The van der Waals surface area contributed by atoms with E-state index in [1.807, 2.05) is 0 Å². The van der Waals surface area contributed by atoms with Gasteiger partial charge in [-0.1, -0.05) is 0 Å². The highest BCUT2D eigenvalue weighted by Gasteiger charge is 2.48. The summed E-state index contributed by atoms with van der Waals surface area (Å²) in [5, 5.41) is 8.16. The number of urea groups is 1.